The maximum absolute atomic E-state index is 12.8. The van der Waals surface area contributed by atoms with Crippen molar-refractivity contribution >= 4 is 81.0 Å². The predicted octanol–water partition coefficient (Wildman–Crippen LogP) is 1.40. The number of hydrogen-bond donors (Lipinski definition) is 3. The molecule has 2 aromatic rings. The van der Waals surface area contributed by atoms with Crippen LogP contribution >= 0.6 is 47.3 Å². The van der Waals surface area contributed by atoms with Crippen LogP contribution in [-0.4, -0.2) is 73.6 Å². The summed E-state index contributed by atoms with van der Waals surface area (Å²) in [6, 6.07) is 2.13. The average molecular weight is 560 g/mol. The highest BCUT2D eigenvalue weighted by Gasteiger charge is 2.54. The summed E-state index contributed by atoms with van der Waals surface area (Å²) in [6.45, 7) is 0. The molecule has 2 amide bonds. The van der Waals surface area contributed by atoms with Gasteiger partial charge in [-0.2, -0.15) is 0 Å². The van der Waals surface area contributed by atoms with Crippen LogP contribution in [0, 0.1) is 0 Å². The van der Waals surface area contributed by atoms with Crippen molar-refractivity contribution in [3.8, 4) is 0 Å². The van der Waals surface area contributed by atoms with Gasteiger partial charge >= 0.3 is 5.97 Å². The van der Waals surface area contributed by atoms with Gasteiger partial charge < -0.3 is 25.4 Å². The van der Waals surface area contributed by atoms with E-state index in [-0.39, 0.29) is 57.0 Å². The van der Waals surface area contributed by atoms with E-state index in [0.717, 1.165) is 28.0 Å². The maximum atomic E-state index is 12.8. The second kappa shape index (κ2) is 11.2. The zero-order valence-corrected chi connectivity index (χ0v) is 21.1. The average Bonchev–Trinajstić information content (AvgIpc) is 3.50. The first-order valence-electron chi connectivity index (χ1n) is 9.55. The van der Waals surface area contributed by atoms with E-state index in [4.69, 9.17) is 15.0 Å². The molecule has 0 spiro atoms. The quantitative estimate of drug-likeness (QED) is 0.242. The fourth-order valence-corrected chi connectivity index (χ4v) is 6.14. The lowest BCUT2D eigenvalue weighted by Crippen LogP contribution is -2.71. The molecule has 2 aliphatic rings. The van der Waals surface area contributed by atoms with E-state index in [1.54, 1.807) is 6.07 Å². The topological polar surface area (TPSA) is 177 Å². The Morgan fingerprint density at radius 2 is 2.23 bits per heavy atom. The summed E-state index contributed by atoms with van der Waals surface area (Å²) in [7, 11) is 1.26. The zero-order chi connectivity index (χ0) is 24.4. The number of nitrogens with one attached hydrogen (secondary N) is 1. The number of carboxylic acids is 1. The van der Waals surface area contributed by atoms with Crippen molar-refractivity contribution in [2.45, 2.75) is 11.4 Å². The summed E-state index contributed by atoms with van der Waals surface area (Å²) >= 11 is 3.29. The van der Waals surface area contributed by atoms with E-state index in [2.05, 4.69) is 15.5 Å². The van der Waals surface area contributed by atoms with Crippen LogP contribution < -0.4 is 11.1 Å². The Morgan fingerprint density at radius 3 is 2.83 bits per heavy atom. The van der Waals surface area contributed by atoms with Gasteiger partial charge in [0, 0.05) is 16.9 Å². The molecule has 2 atom stereocenters. The van der Waals surface area contributed by atoms with Crippen LogP contribution in [0.2, 0.25) is 0 Å². The minimum Gasteiger partial charge on any atom is -0.477 e. The van der Waals surface area contributed by atoms with Crippen LogP contribution in [0.3, 0.4) is 0 Å². The third-order valence-corrected chi connectivity index (χ3v) is 7.77. The van der Waals surface area contributed by atoms with E-state index in [0.29, 0.717) is 5.57 Å². The highest BCUT2D eigenvalue weighted by Crippen LogP contribution is 2.41. The van der Waals surface area contributed by atoms with Gasteiger partial charge in [0.1, 0.15) is 29.9 Å². The number of rotatable bonds is 8. The zero-order valence-electron chi connectivity index (χ0n) is 17.8. The largest absolute Gasteiger partial charge is 0.477 e. The van der Waals surface area contributed by atoms with E-state index < -0.39 is 29.2 Å². The van der Waals surface area contributed by atoms with Crippen molar-refractivity contribution in [2.24, 2.45) is 5.16 Å². The number of anilines is 1. The standard InChI is InChI=1S/C19H17N5O7S3.ClH/c1-30-23-11(9-7-34-19(20)21-9)14(25)22-12-15(26)24-13(17(27)28)8(5-32-16(12)24)6-33-18(29)10-3-2-4-31-10;/h2-4,7,12,16H,5-6H2,1H3,(H2,20,21)(H,22,25)(H,27,28);1H/b23-11-;/t12-,16-;/m0./s1. The lowest BCUT2D eigenvalue weighted by Gasteiger charge is -2.49. The molecular weight excluding hydrogens is 542 g/mol. The number of furan rings is 1. The summed E-state index contributed by atoms with van der Waals surface area (Å²) in [5.41, 5.74) is 5.89. The fraction of sp³-hybridized carbons (Fsp3) is 0.263. The predicted molar refractivity (Wildman–Crippen MR) is 133 cm³/mol. The van der Waals surface area contributed by atoms with Crippen LogP contribution in [-0.2, 0) is 19.2 Å². The van der Waals surface area contributed by atoms with Crippen LogP contribution in [0.5, 0.6) is 0 Å². The van der Waals surface area contributed by atoms with E-state index in [1.807, 2.05) is 0 Å². The molecule has 0 radical (unpaired) electrons. The van der Waals surface area contributed by atoms with Gasteiger partial charge in [0.2, 0.25) is 0 Å². The number of thiazole rings is 1. The Bertz CT molecular complexity index is 1210. The maximum Gasteiger partial charge on any atom is 0.352 e. The second-order valence-electron chi connectivity index (χ2n) is 6.87. The molecule has 4 heterocycles. The molecule has 2 aliphatic heterocycles. The smallest absolute Gasteiger partial charge is 0.352 e. The molecule has 1 fully saturated rings. The van der Waals surface area contributed by atoms with E-state index in [9.17, 15) is 24.3 Å². The molecule has 1 saturated heterocycles. The Hall–Kier alpha value is -3.01. The van der Waals surface area contributed by atoms with Gasteiger partial charge in [0.15, 0.2) is 16.6 Å². The number of carbonyl (C=O) groups excluding carboxylic acids is 3. The Morgan fingerprint density at radius 1 is 1.46 bits per heavy atom. The number of aliphatic carboxylic acids is 1. The molecule has 0 unspecified atom stereocenters. The molecule has 0 aromatic carbocycles. The number of halogens is 1. The number of β-lactam (4-membered cyclic amide) rings is 1. The summed E-state index contributed by atoms with van der Waals surface area (Å²) in [6.07, 6.45) is 1.37. The summed E-state index contributed by atoms with van der Waals surface area (Å²) in [5.74, 6) is -2.08. The number of aromatic nitrogens is 1. The third kappa shape index (κ3) is 5.32. The first kappa shape index (κ1) is 26.6. The SMILES string of the molecule is CO/N=C(\C(=O)N[C@H]1C(=O)N2C(C(=O)O)=C(CSC(=O)c3ccco3)CS[C@@H]12)c1csc(N)n1.Cl. The van der Waals surface area contributed by atoms with Crippen molar-refractivity contribution in [2.75, 3.05) is 24.3 Å². The number of carbonyl (C=O) groups is 4. The number of nitrogens with zero attached hydrogens (tertiary/aromatic N) is 3. The molecular formula is C19H18ClN5O7S3. The van der Waals surface area contributed by atoms with Crippen LogP contribution in [0.25, 0.3) is 0 Å². The molecule has 16 heteroatoms. The van der Waals surface area contributed by atoms with Gasteiger partial charge in [-0.25, -0.2) is 9.78 Å². The molecule has 4 rings (SSSR count). The third-order valence-electron chi connectivity index (χ3n) is 4.80. The molecule has 35 heavy (non-hydrogen) atoms. The normalized spacial score (nSPS) is 19.4. The summed E-state index contributed by atoms with van der Waals surface area (Å²) in [4.78, 5) is 59.6. The van der Waals surface area contributed by atoms with Gasteiger partial charge in [-0.3, -0.25) is 19.3 Å². The summed E-state index contributed by atoms with van der Waals surface area (Å²) < 4.78 is 5.05. The Balaban J connectivity index is 0.00000342. The van der Waals surface area contributed by atoms with Crippen molar-refractivity contribution in [3.63, 3.8) is 0 Å². The molecule has 2 aromatic heterocycles. The number of oxime groups is 1. The van der Waals surface area contributed by atoms with Crippen molar-refractivity contribution < 1.29 is 33.5 Å². The number of amides is 2. The molecule has 12 nitrogen and oxygen atoms in total. The molecule has 0 aliphatic carbocycles. The molecule has 186 valence electrons. The number of fused-ring (bicyclic) bond motifs is 1. The highest BCUT2D eigenvalue weighted by atomic mass is 35.5. The minimum atomic E-state index is -1.29. The first-order chi connectivity index (χ1) is 16.3. The van der Waals surface area contributed by atoms with Crippen LogP contribution in [0.4, 0.5) is 5.13 Å². The number of carboxylic acid groups (broad SMARTS) is 1. The van der Waals surface area contributed by atoms with E-state index in [1.165, 1.54) is 36.6 Å². The first-order valence-corrected chi connectivity index (χ1v) is 12.5. The van der Waals surface area contributed by atoms with E-state index >= 15 is 0 Å². The van der Waals surface area contributed by atoms with Gasteiger partial charge in [-0.05, 0) is 17.7 Å². The number of thioether (sulfide) groups is 2. The Kier molecular flexibility index (Phi) is 8.47. The monoisotopic (exact) mass is 559 g/mol. The van der Waals surface area contributed by atoms with Crippen molar-refractivity contribution in [1.82, 2.24) is 15.2 Å². The lowest BCUT2D eigenvalue weighted by molar-refractivity contribution is -0.150. The highest BCUT2D eigenvalue weighted by molar-refractivity contribution is 8.14. The number of hydrogen-bond acceptors (Lipinski definition) is 12. The second-order valence-corrected chi connectivity index (χ2v) is 9.81. The van der Waals surface area contributed by atoms with Crippen LogP contribution in [0.1, 0.15) is 16.2 Å². The summed E-state index contributed by atoms with van der Waals surface area (Å²) in [5, 5.41) is 16.8. The fourth-order valence-electron chi connectivity index (χ4n) is 3.31. The molecule has 4 N–H and O–H groups in total. The van der Waals surface area contributed by atoms with Gasteiger partial charge in [0.25, 0.3) is 16.9 Å². The minimum absolute atomic E-state index is 0. The molecule has 0 bridgehead atoms. The molecule has 0 saturated carbocycles. The van der Waals surface area contributed by atoms with Crippen molar-refractivity contribution in [1.29, 1.82) is 0 Å². The van der Waals surface area contributed by atoms with Crippen LogP contribution in [0.15, 0.2) is 44.6 Å². The van der Waals surface area contributed by atoms with Gasteiger partial charge in [-0.1, -0.05) is 16.9 Å². The lowest BCUT2D eigenvalue weighted by atomic mass is 10.0. The number of nitrogen functional groups attached to an aromatic ring is 1. The number of nitrogens with two attached hydrogens (primary N) is 1. The van der Waals surface area contributed by atoms with Crippen molar-refractivity contribution in [3.05, 3.63) is 46.5 Å². The van der Waals surface area contributed by atoms with Gasteiger partial charge in [0.05, 0.1) is 6.26 Å². The Labute approximate surface area is 216 Å². The van der Waals surface area contributed by atoms with Gasteiger partial charge in [-0.15, -0.1) is 35.5 Å².